The van der Waals surface area contributed by atoms with E-state index in [1.165, 1.54) is 4.90 Å². The van der Waals surface area contributed by atoms with Crippen LogP contribution in [-0.2, 0) is 4.79 Å². The molecule has 2 bridgehead atoms. The number of hydrogen-bond donors (Lipinski definition) is 0. The zero-order valence-electron chi connectivity index (χ0n) is 19.5. The summed E-state index contributed by atoms with van der Waals surface area (Å²) in [4.78, 5) is 45.4. The number of piperazine rings is 1. The van der Waals surface area contributed by atoms with Crippen molar-refractivity contribution in [2.45, 2.75) is 24.5 Å². The Bertz CT molecular complexity index is 1530. The van der Waals surface area contributed by atoms with Crippen molar-refractivity contribution >= 4 is 34.3 Å². The van der Waals surface area contributed by atoms with Gasteiger partial charge in [0.15, 0.2) is 0 Å². The van der Waals surface area contributed by atoms with E-state index >= 15 is 0 Å². The summed E-state index contributed by atoms with van der Waals surface area (Å²) in [5.74, 6) is -0.341. The number of rotatable bonds is 3. The number of nitrogens with zero attached hydrogens (tertiary/aromatic N) is 3. The SMILES string of the molecule is O=C1[C@@H]2C3C[C@H](CN3C(=O)c3ccc(-c4ccccc4)cc3)N2C(=O)N1c1cccc2ccccc12. The first-order valence-electron chi connectivity index (χ1n) is 12.2. The smallest absolute Gasteiger partial charge is 0.331 e. The zero-order valence-corrected chi connectivity index (χ0v) is 19.5. The Labute approximate surface area is 208 Å². The van der Waals surface area contributed by atoms with Crippen LogP contribution in [0.5, 0.6) is 0 Å². The molecule has 1 unspecified atom stereocenters. The number of anilines is 1. The van der Waals surface area contributed by atoms with Crippen molar-refractivity contribution < 1.29 is 14.4 Å². The molecule has 0 radical (unpaired) electrons. The fourth-order valence-corrected chi connectivity index (χ4v) is 6.12. The van der Waals surface area contributed by atoms with Gasteiger partial charge in [-0.1, -0.05) is 78.9 Å². The van der Waals surface area contributed by atoms with Gasteiger partial charge in [0.1, 0.15) is 6.04 Å². The van der Waals surface area contributed by atoms with Gasteiger partial charge in [-0.25, -0.2) is 9.69 Å². The Morgan fingerprint density at radius 3 is 2.25 bits per heavy atom. The van der Waals surface area contributed by atoms with Gasteiger partial charge in [-0.3, -0.25) is 9.59 Å². The maximum absolute atomic E-state index is 13.7. The number of hydrogen-bond acceptors (Lipinski definition) is 3. The molecule has 3 fully saturated rings. The van der Waals surface area contributed by atoms with Crippen molar-refractivity contribution in [1.82, 2.24) is 9.80 Å². The third-order valence-electron chi connectivity index (χ3n) is 7.77. The first kappa shape index (κ1) is 20.9. The standard InChI is InChI=1S/C30H23N3O3/c34-28(22-15-13-20(14-16-22)19-7-2-1-3-8-19)31-18-23-17-26(31)27-29(35)33(30(36)32(23)27)25-12-6-10-21-9-4-5-11-24(21)25/h1-16,23,26-27H,17-18H2/t23-,26?,27+/m1/s1. The van der Waals surface area contributed by atoms with E-state index in [9.17, 15) is 14.4 Å². The van der Waals surface area contributed by atoms with E-state index in [-0.39, 0.29) is 29.9 Å². The lowest BCUT2D eigenvalue weighted by atomic mass is 10.0. The molecule has 3 heterocycles. The first-order valence-corrected chi connectivity index (χ1v) is 12.2. The summed E-state index contributed by atoms with van der Waals surface area (Å²) < 4.78 is 0. The van der Waals surface area contributed by atoms with Crippen LogP contribution in [0.25, 0.3) is 21.9 Å². The molecule has 0 aliphatic carbocycles. The minimum atomic E-state index is -0.636. The number of fused-ring (bicyclic) bond motifs is 6. The molecule has 4 aromatic rings. The highest BCUT2D eigenvalue weighted by Crippen LogP contribution is 2.44. The number of carbonyl (C=O) groups excluding carboxylic acids is 3. The molecule has 6 heteroatoms. The number of likely N-dealkylation sites (tertiary alicyclic amines) is 1. The molecule has 36 heavy (non-hydrogen) atoms. The summed E-state index contributed by atoms with van der Waals surface area (Å²) in [6.45, 7) is 0.447. The minimum absolute atomic E-state index is 0.0920. The van der Waals surface area contributed by atoms with Crippen LogP contribution >= 0.6 is 0 Å². The third kappa shape index (κ3) is 2.94. The quantitative estimate of drug-likeness (QED) is 0.396. The molecule has 3 saturated heterocycles. The topological polar surface area (TPSA) is 60.9 Å². The summed E-state index contributed by atoms with van der Waals surface area (Å²) in [5.41, 5.74) is 3.34. The second-order valence-corrected chi connectivity index (χ2v) is 9.66. The van der Waals surface area contributed by atoms with Crippen LogP contribution in [-0.4, -0.2) is 52.3 Å². The van der Waals surface area contributed by atoms with Crippen molar-refractivity contribution in [2.75, 3.05) is 11.4 Å². The number of amides is 4. The van der Waals surface area contributed by atoms with Crippen LogP contribution < -0.4 is 4.90 Å². The van der Waals surface area contributed by atoms with Crippen molar-refractivity contribution in [3.8, 4) is 11.1 Å². The van der Waals surface area contributed by atoms with Crippen LogP contribution in [0.2, 0.25) is 0 Å². The van der Waals surface area contributed by atoms with E-state index in [4.69, 9.17) is 0 Å². The molecule has 4 amide bonds. The van der Waals surface area contributed by atoms with Gasteiger partial charge >= 0.3 is 6.03 Å². The molecule has 0 spiro atoms. The molecule has 3 aliphatic heterocycles. The number of urea groups is 1. The molecule has 0 aromatic heterocycles. The van der Waals surface area contributed by atoms with Crippen LogP contribution in [0.3, 0.4) is 0 Å². The predicted molar refractivity (Wildman–Crippen MR) is 138 cm³/mol. The Kier molecular flexibility index (Phi) is 4.51. The average Bonchev–Trinajstić information content (AvgIpc) is 3.60. The number of carbonyl (C=O) groups is 3. The van der Waals surface area contributed by atoms with Crippen LogP contribution in [0.15, 0.2) is 97.1 Å². The summed E-state index contributed by atoms with van der Waals surface area (Å²) in [6, 6.07) is 29.6. The average molecular weight is 474 g/mol. The Morgan fingerprint density at radius 1 is 0.750 bits per heavy atom. The molecule has 7 rings (SSSR count). The monoisotopic (exact) mass is 473 g/mol. The third-order valence-corrected chi connectivity index (χ3v) is 7.77. The van der Waals surface area contributed by atoms with E-state index in [1.54, 1.807) is 9.80 Å². The first-order chi connectivity index (χ1) is 17.6. The molecule has 3 aliphatic rings. The van der Waals surface area contributed by atoms with E-state index in [0.717, 1.165) is 21.9 Å². The highest BCUT2D eigenvalue weighted by atomic mass is 16.2. The molecule has 0 saturated carbocycles. The van der Waals surface area contributed by atoms with Crippen LogP contribution in [0.1, 0.15) is 16.8 Å². The van der Waals surface area contributed by atoms with E-state index < -0.39 is 6.04 Å². The molecule has 4 aromatic carbocycles. The van der Waals surface area contributed by atoms with Crippen molar-refractivity contribution in [3.05, 3.63) is 103 Å². The van der Waals surface area contributed by atoms with Gasteiger partial charge < -0.3 is 9.80 Å². The maximum Gasteiger partial charge on any atom is 0.332 e. The second kappa shape index (κ2) is 7.78. The van der Waals surface area contributed by atoms with E-state index in [1.807, 2.05) is 97.1 Å². The van der Waals surface area contributed by atoms with Crippen molar-refractivity contribution in [1.29, 1.82) is 0 Å². The largest absolute Gasteiger partial charge is 0.332 e. The lowest BCUT2D eigenvalue weighted by Crippen LogP contribution is -2.54. The van der Waals surface area contributed by atoms with E-state index in [2.05, 4.69) is 0 Å². The molecule has 176 valence electrons. The van der Waals surface area contributed by atoms with E-state index in [0.29, 0.717) is 24.2 Å². The van der Waals surface area contributed by atoms with Gasteiger partial charge in [0.05, 0.1) is 17.8 Å². The molecule has 0 N–H and O–H groups in total. The summed E-state index contributed by atoms with van der Waals surface area (Å²) >= 11 is 0. The van der Waals surface area contributed by atoms with Crippen molar-refractivity contribution in [3.63, 3.8) is 0 Å². The Morgan fingerprint density at radius 2 is 1.44 bits per heavy atom. The summed E-state index contributed by atoms with van der Waals surface area (Å²) in [7, 11) is 0. The maximum atomic E-state index is 13.7. The normalized spacial score (nSPS) is 22.6. The molecular formula is C30H23N3O3. The summed E-state index contributed by atoms with van der Waals surface area (Å²) in [5, 5.41) is 1.84. The fourth-order valence-electron chi connectivity index (χ4n) is 6.12. The Hall–Kier alpha value is -4.45. The predicted octanol–water partition coefficient (Wildman–Crippen LogP) is 4.94. The van der Waals surface area contributed by atoms with Gasteiger partial charge in [0, 0.05) is 17.5 Å². The fraction of sp³-hybridized carbons (Fsp3) is 0.167. The van der Waals surface area contributed by atoms with Gasteiger partial charge in [0.2, 0.25) is 0 Å². The highest BCUT2D eigenvalue weighted by molar-refractivity contribution is 6.25. The molecule has 3 atom stereocenters. The van der Waals surface area contributed by atoms with Crippen LogP contribution in [0.4, 0.5) is 10.5 Å². The van der Waals surface area contributed by atoms with Crippen molar-refractivity contribution in [2.24, 2.45) is 0 Å². The lowest BCUT2D eigenvalue weighted by molar-refractivity contribution is -0.121. The zero-order chi connectivity index (χ0) is 24.4. The second-order valence-electron chi connectivity index (χ2n) is 9.66. The highest BCUT2D eigenvalue weighted by Gasteiger charge is 2.63. The Balaban J connectivity index is 1.17. The summed E-state index contributed by atoms with van der Waals surface area (Å²) in [6.07, 6.45) is 0.638. The molecule has 6 nitrogen and oxygen atoms in total. The molecular weight excluding hydrogens is 450 g/mol. The van der Waals surface area contributed by atoms with Gasteiger partial charge in [-0.15, -0.1) is 0 Å². The number of imide groups is 1. The minimum Gasteiger partial charge on any atom is -0.331 e. The number of benzene rings is 4. The van der Waals surface area contributed by atoms with Gasteiger partial charge in [-0.2, -0.15) is 0 Å². The van der Waals surface area contributed by atoms with Crippen LogP contribution in [0, 0.1) is 0 Å². The lowest BCUT2D eigenvalue weighted by Gasteiger charge is -2.35. The van der Waals surface area contributed by atoms with Gasteiger partial charge in [0.25, 0.3) is 11.8 Å². The van der Waals surface area contributed by atoms with Gasteiger partial charge in [-0.05, 0) is 41.1 Å².